The van der Waals surface area contributed by atoms with Crippen molar-refractivity contribution in [2.45, 2.75) is 76.7 Å². The zero-order valence-corrected chi connectivity index (χ0v) is 17.5. The number of phenols is 1. The lowest BCUT2D eigenvalue weighted by Gasteiger charge is -2.52. The summed E-state index contributed by atoms with van der Waals surface area (Å²) < 4.78 is 4.96. The number of aliphatic hydroxyl groups is 1. The molecular formula is C25H32O4. The Bertz CT molecular complexity index is 850. The lowest BCUT2D eigenvalue weighted by Crippen LogP contribution is -2.50. The molecule has 3 aliphatic rings. The van der Waals surface area contributed by atoms with Crippen LogP contribution < -0.4 is 0 Å². The van der Waals surface area contributed by atoms with Crippen LogP contribution in [0, 0.1) is 29.1 Å². The van der Waals surface area contributed by atoms with E-state index >= 15 is 0 Å². The monoisotopic (exact) mass is 396 g/mol. The van der Waals surface area contributed by atoms with Crippen LogP contribution in [0.4, 0.5) is 0 Å². The van der Waals surface area contributed by atoms with E-state index in [0.717, 1.165) is 38.5 Å². The molecule has 0 spiro atoms. The quantitative estimate of drug-likeness (QED) is 0.453. The molecule has 2 fully saturated rings. The van der Waals surface area contributed by atoms with Gasteiger partial charge in [-0.2, -0.15) is 0 Å². The fraction of sp³-hybridized carbons (Fsp3) is 0.640. The number of unbranched alkanes of at least 4 members (excludes halogenated alkanes) is 1. The minimum atomic E-state index is -0.917. The van der Waals surface area contributed by atoms with Crippen molar-refractivity contribution in [2.75, 3.05) is 6.61 Å². The largest absolute Gasteiger partial charge is 0.508 e. The van der Waals surface area contributed by atoms with Crippen LogP contribution in [0.2, 0.25) is 0 Å². The van der Waals surface area contributed by atoms with E-state index in [0.29, 0.717) is 43.0 Å². The summed E-state index contributed by atoms with van der Waals surface area (Å²) in [7, 11) is 0. The van der Waals surface area contributed by atoms with Crippen molar-refractivity contribution in [1.82, 2.24) is 0 Å². The third-order valence-corrected chi connectivity index (χ3v) is 7.91. The molecule has 0 heterocycles. The SMILES string of the molecule is CC(=O)OCCCC#C[C@]1(O)CCC2C3CCc4cc(O)ccc4C3CC[C@@]21C. The number of aryl methyl sites for hydroxylation is 1. The highest BCUT2D eigenvalue weighted by molar-refractivity contribution is 5.65. The van der Waals surface area contributed by atoms with Gasteiger partial charge in [-0.3, -0.25) is 4.79 Å². The molecule has 1 aromatic carbocycles. The Balaban J connectivity index is 1.48. The Morgan fingerprint density at radius 1 is 1.28 bits per heavy atom. The van der Waals surface area contributed by atoms with Crippen LogP contribution in [0.1, 0.15) is 75.8 Å². The second kappa shape index (κ2) is 7.69. The highest BCUT2D eigenvalue weighted by Crippen LogP contribution is 2.64. The molecule has 0 saturated heterocycles. The summed E-state index contributed by atoms with van der Waals surface area (Å²) in [6.45, 7) is 4.05. The van der Waals surface area contributed by atoms with Crippen LogP contribution in [0.15, 0.2) is 18.2 Å². The summed E-state index contributed by atoms with van der Waals surface area (Å²) >= 11 is 0. The average Bonchev–Trinajstić information content (AvgIpc) is 2.95. The molecule has 29 heavy (non-hydrogen) atoms. The first-order valence-corrected chi connectivity index (χ1v) is 11.0. The molecule has 3 unspecified atom stereocenters. The van der Waals surface area contributed by atoms with Crippen molar-refractivity contribution < 1.29 is 19.7 Å². The van der Waals surface area contributed by atoms with Gasteiger partial charge in [0.15, 0.2) is 0 Å². The minimum absolute atomic E-state index is 0.161. The lowest BCUT2D eigenvalue weighted by atomic mass is 9.53. The molecule has 0 radical (unpaired) electrons. The van der Waals surface area contributed by atoms with Crippen molar-refractivity contribution in [2.24, 2.45) is 17.3 Å². The second-order valence-electron chi connectivity index (χ2n) is 9.40. The van der Waals surface area contributed by atoms with Gasteiger partial charge in [-0.1, -0.05) is 18.9 Å². The van der Waals surface area contributed by atoms with Crippen LogP contribution in [0.5, 0.6) is 5.75 Å². The number of carbonyl (C=O) groups excluding carboxylic acids is 1. The number of rotatable bonds is 3. The van der Waals surface area contributed by atoms with E-state index < -0.39 is 5.60 Å². The number of fused-ring (bicyclic) bond motifs is 5. The smallest absolute Gasteiger partial charge is 0.302 e. The third kappa shape index (κ3) is 3.55. The Labute approximate surface area is 173 Å². The number of esters is 1. The Hall–Kier alpha value is -1.99. The number of ether oxygens (including phenoxy) is 1. The summed E-state index contributed by atoms with van der Waals surface area (Å²) in [5.41, 5.74) is 1.63. The van der Waals surface area contributed by atoms with E-state index in [1.54, 1.807) is 0 Å². The van der Waals surface area contributed by atoms with Gasteiger partial charge in [-0.25, -0.2) is 0 Å². The summed E-state index contributed by atoms with van der Waals surface area (Å²) in [6, 6.07) is 5.88. The molecule has 1 aromatic rings. The number of hydrogen-bond donors (Lipinski definition) is 2. The van der Waals surface area contributed by atoms with Crippen molar-refractivity contribution in [3.05, 3.63) is 29.3 Å². The maximum Gasteiger partial charge on any atom is 0.302 e. The van der Waals surface area contributed by atoms with Crippen molar-refractivity contribution >= 4 is 5.97 Å². The number of benzene rings is 1. The van der Waals surface area contributed by atoms with Crippen LogP contribution in [0.3, 0.4) is 0 Å². The lowest BCUT2D eigenvalue weighted by molar-refractivity contribution is -0.141. The average molecular weight is 397 g/mol. The van der Waals surface area contributed by atoms with Crippen LogP contribution in [-0.4, -0.2) is 28.4 Å². The Kier molecular flexibility index (Phi) is 5.38. The maximum absolute atomic E-state index is 11.5. The first-order chi connectivity index (χ1) is 13.8. The second-order valence-corrected chi connectivity index (χ2v) is 9.40. The fourth-order valence-corrected chi connectivity index (χ4v) is 6.38. The number of hydrogen-bond acceptors (Lipinski definition) is 4. The van der Waals surface area contributed by atoms with Gasteiger partial charge < -0.3 is 14.9 Å². The van der Waals surface area contributed by atoms with Crippen molar-refractivity contribution in [3.8, 4) is 17.6 Å². The van der Waals surface area contributed by atoms with Gasteiger partial charge in [0.1, 0.15) is 11.4 Å². The topological polar surface area (TPSA) is 66.8 Å². The summed E-state index contributed by atoms with van der Waals surface area (Å²) in [5.74, 6) is 8.13. The highest BCUT2D eigenvalue weighted by Gasteiger charge is 2.61. The van der Waals surface area contributed by atoms with Gasteiger partial charge in [0, 0.05) is 18.8 Å². The Morgan fingerprint density at radius 2 is 2.10 bits per heavy atom. The number of phenolic OH excluding ortho intramolecular Hbond substituents is 1. The summed E-state index contributed by atoms with van der Waals surface area (Å²) in [5, 5.41) is 21.4. The molecule has 156 valence electrons. The van der Waals surface area contributed by atoms with Gasteiger partial charge in [0.05, 0.1) is 6.61 Å². The van der Waals surface area contributed by atoms with E-state index in [2.05, 4.69) is 24.8 Å². The standard InChI is InChI=1S/C25H32O4/c1-17(26)29-15-5-3-4-12-25(28)14-11-23-22-8-6-18-16-19(27)7-9-20(18)21(22)10-13-24(23,25)2/h7,9,16,21-23,27-28H,3,5-6,8,10-11,13-15H2,1-2H3/t21?,22?,23?,24-,25-/m0/s1. The molecule has 5 atom stereocenters. The molecular weight excluding hydrogens is 364 g/mol. The van der Waals surface area contributed by atoms with Gasteiger partial charge in [0.2, 0.25) is 0 Å². The van der Waals surface area contributed by atoms with E-state index in [1.165, 1.54) is 18.1 Å². The summed E-state index contributed by atoms with van der Waals surface area (Å²) in [6.07, 6.45) is 7.32. The molecule has 2 saturated carbocycles. The number of carbonyl (C=O) groups is 1. The molecule has 0 aromatic heterocycles. The predicted octanol–water partition coefficient (Wildman–Crippen LogP) is 4.33. The Morgan fingerprint density at radius 3 is 2.90 bits per heavy atom. The minimum Gasteiger partial charge on any atom is -0.508 e. The molecule has 0 amide bonds. The molecule has 3 aliphatic carbocycles. The molecule has 4 nitrogen and oxygen atoms in total. The predicted molar refractivity (Wildman–Crippen MR) is 111 cm³/mol. The van der Waals surface area contributed by atoms with Crippen molar-refractivity contribution in [1.29, 1.82) is 0 Å². The van der Waals surface area contributed by atoms with Crippen LogP contribution in [-0.2, 0) is 16.0 Å². The van der Waals surface area contributed by atoms with Crippen LogP contribution in [0.25, 0.3) is 0 Å². The highest BCUT2D eigenvalue weighted by atomic mass is 16.5. The molecule has 0 bridgehead atoms. The van der Waals surface area contributed by atoms with Crippen LogP contribution >= 0.6 is 0 Å². The normalized spacial score (nSPS) is 34.9. The number of aromatic hydroxyl groups is 1. The molecule has 4 rings (SSSR count). The molecule has 2 N–H and O–H groups in total. The third-order valence-electron chi connectivity index (χ3n) is 7.91. The van der Waals surface area contributed by atoms with E-state index in [4.69, 9.17) is 4.74 Å². The van der Waals surface area contributed by atoms with E-state index in [1.807, 2.05) is 12.1 Å². The first-order valence-electron chi connectivity index (χ1n) is 11.0. The van der Waals surface area contributed by atoms with Gasteiger partial charge >= 0.3 is 5.97 Å². The van der Waals surface area contributed by atoms with Crippen molar-refractivity contribution in [3.63, 3.8) is 0 Å². The fourth-order valence-electron chi connectivity index (χ4n) is 6.38. The molecule has 4 heteroatoms. The van der Waals surface area contributed by atoms with Gasteiger partial charge in [0.25, 0.3) is 0 Å². The van der Waals surface area contributed by atoms with E-state index in [9.17, 15) is 15.0 Å². The molecule has 0 aliphatic heterocycles. The first kappa shape index (κ1) is 20.3. The van der Waals surface area contributed by atoms with Gasteiger partial charge in [-0.15, -0.1) is 5.92 Å². The maximum atomic E-state index is 11.5. The zero-order chi connectivity index (χ0) is 20.6. The zero-order valence-electron chi connectivity index (χ0n) is 17.5. The van der Waals surface area contributed by atoms with E-state index in [-0.39, 0.29) is 11.4 Å². The summed E-state index contributed by atoms with van der Waals surface area (Å²) in [4.78, 5) is 10.8. The van der Waals surface area contributed by atoms with Gasteiger partial charge in [-0.05, 0) is 86.0 Å².